The number of thiazole rings is 1. The van der Waals surface area contributed by atoms with Crippen molar-refractivity contribution >= 4 is 28.8 Å². The second kappa shape index (κ2) is 8.68. The maximum atomic E-state index is 12.4. The van der Waals surface area contributed by atoms with Crippen molar-refractivity contribution in [2.24, 2.45) is 0 Å². The smallest absolute Gasteiger partial charge is 0.260 e. The van der Waals surface area contributed by atoms with Crippen LogP contribution in [0.5, 0.6) is 5.75 Å². The zero-order valence-corrected chi connectivity index (χ0v) is 17.0. The number of aryl methyl sites for hydroxylation is 2. The molecule has 1 heterocycles. The number of benzene rings is 1. The van der Waals surface area contributed by atoms with Gasteiger partial charge in [0.05, 0.1) is 17.2 Å². The molecule has 0 fully saturated rings. The van der Waals surface area contributed by atoms with Gasteiger partial charge < -0.3 is 9.64 Å². The molecule has 25 heavy (non-hydrogen) atoms. The van der Waals surface area contributed by atoms with Crippen LogP contribution in [0.25, 0.3) is 0 Å². The molecule has 0 aliphatic heterocycles. The van der Waals surface area contributed by atoms with E-state index in [2.05, 4.69) is 25.8 Å². The average Bonchev–Trinajstić information content (AvgIpc) is 3.02. The predicted molar refractivity (Wildman–Crippen MR) is 104 cm³/mol. The molecule has 6 heteroatoms. The largest absolute Gasteiger partial charge is 0.483 e. The summed E-state index contributed by atoms with van der Waals surface area (Å²) in [5.41, 5.74) is 2.87. The maximum Gasteiger partial charge on any atom is 0.260 e. The molecule has 1 amide bonds. The molecule has 2 aromatic rings. The lowest BCUT2D eigenvalue weighted by Crippen LogP contribution is -2.31. The van der Waals surface area contributed by atoms with Gasteiger partial charge in [-0.2, -0.15) is 0 Å². The molecule has 0 N–H and O–H groups in total. The van der Waals surface area contributed by atoms with Crippen LogP contribution in [0.3, 0.4) is 0 Å². The molecular weight excluding hydrogens is 356 g/mol. The molecule has 136 valence electrons. The highest BCUT2D eigenvalue weighted by molar-refractivity contribution is 7.09. The van der Waals surface area contributed by atoms with Crippen molar-refractivity contribution in [2.45, 2.75) is 46.6 Å². The van der Waals surface area contributed by atoms with Crippen molar-refractivity contribution in [3.63, 3.8) is 0 Å². The Labute approximate surface area is 158 Å². The number of hydrogen-bond donors (Lipinski definition) is 0. The maximum absolute atomic E-state index is 12.4. The number of aromatic nitrogens is 1. The number of ether oxygens (including phenoxy) is 1. The van der Waals surface area contributed by atoms with Gasteiger partial charge in [-0.3, -0.25) is 4.79 Å². The third-order valence-corrected chi connectivity index (χ3v) is 5.44. The Morgan fingerprint density at radius 2 is 2.12 bits per heavy atom. The molecule has 0 unspecified atom stereocenters. The van der Waals surface area contributed by atoms with E-state index in [4.69, 9.17) is 16.3 Å². The number of nitrogens with zero attached hydrogens (tertiary/aromatic N) is 2. The molecule has 2 rings (SSSR count). The van der Waals surface area contributed by atoms with Crippen LogP contribution in [0.2, 0.25) is 5.02 Å². The van der Waals surface area contributed by atoms with Crippen LogP contribution >= 0.6 is 22.9 Å². The molecule has 1 aromatic carbocycles. The Balaban J connectivity index is 2.00. The van der Waals surface area contributed by atoms with Gasteiger partial charge >= 0.3 is 0 Å². The molecule has 0 atom stereocenters. The van der Waals surface area contributed by atoms with E-state index in [0.717, 1.165) is 39.0 Å². The van der Waals surface area contributed by atoms with Crippen LogP contribution in [0, 0.1) is 6.92 Å². The first kappa shape index (κ1) is 19.7. The summed E-state index contributed by atoms with van der Waals surface area (Å²) in [4.78, 5) is 18.5. The van der Waals surface area contributed by atoms with E-state index >= 15 is 0 Å². The number of amides is 1. The molecule has 0 spiro atoms. The van der Waals surface area contributed by atoms with Crippen molar-refractivity contribution in [3.05, 3.63) is 44.4 Å². The van der Waals surface area contributed by atoms with Crippen molar-refractivity contribution < 1.29 is 9.53 Å². The number of hydrogen-bond acceptors (Lipinski definition) is 4. The Morgan fingerprint density at radius 1 is 1.40 bits per heavy atom. The van der Waals surface area contributed by atoms with Crippen LogP contribution in [-0.4, -0.2) is 29.4 Å². The van der Waals surface area contributed by atoms with E-state index in [-0.39, 0.29) is 18.4 Å². The lowest BCUT2D eigenvalue weighted by molar-refractivity contribution is -0.132. The van der Waals surface area contributed by atoms with E-state index in [1.807, 2.05) is 24.4 Å². The van der Waals surface area contributed by atoms with E-state index in [0.29, 0.717) is 6.54 Å². The molecule has 0 saturated carbocycles. The summed E-state index contributed by atoms with van der Waals surface area (Å²) in [5.74, 6) is 0.914. The van der Waals surface area contributed by atoms with Crippen LogP contribution in [0.4, 0.5) is 0 Å². The predicted octanol–water partition coefficient (Wildman–Crippen LogP) is 4.83. The Hall–Kier alpha value is -1.59. The van der Waals surface area contributed by atoms with E-state index in [9.17, 15) is 4.79 Å². The minimum absolute atomic E-state index is 0.00205. The summed E-state index contributed by atoms with van der Waals surface area (Å²) >= 11 is 7.84. The molecule has 0 saturated heterocycles. The van der Waals surface area contributed by atoms with E-state index < -0.39 is 0 Å². The number of carbonyl (C=O) groups is 1. The Morgan fingerprint density at radius 3 is 2.72 bits per heavy atom. The summed E-state index contributed by atoms with van der Waals surface area (Å²) < 4.78 is 5.81. The number of likely N-dealkylation sites (N-methyl/N-ethyl adjacent to an activating group) is 1. The first-order valence-electron chi connectivity index (χ1n) is 8.41. The summed E-state index contributed by atoms with van der Waals surface area (Å²) in [6.45, 7) is 8.66. The monoisotopic (exact) mass is 380 g/mol. The van der Waals surface area contributed by atoms with Crippen molar-refractivity contribution in [1.29, 1.82) is 0 Å². The van der Waals surface area contributed by atoms with Gasteiger partial charge in [0.15, 0.2) is 6.61 Å². The zero-order valence-electron chi connectivity index (χ0n) is 15.4. The third-order valence-electron chi connectivity index (χ3n) is 3.99. The second-order valence-corrected chi connectivity index (χ2v) is 7.77. The van der Waals surface area contributed by atoms with Gasteiger partial charge in [0, 0.05) is 17.5 Å². The van der Waals surface area contributed by atoms with E-state index in [1.165, 1.54) is 0 Å². The number of carbonyl (C=O) groups excluding carboxylic acids is 1. The number of rotatable bonds is 7. The lowest BCUT2D eigenvalue weighted by Gasteiger charge is -2.19. The van der Waals surface area contributed by atoms with Crippen molar-refractivity contribution in [2.75, 3.05) is 13.7 Å². The summed E-state index contributed by atoms with van der Waals surface area (Å²) in [6.07, 6.45) is 0.916. The topological polar surface area (TPSA) is 42.4 Å². The van der Waals surface area contributed by atoms with Gasteiger partial charge in [0.1, 0.15) is 5.75 Å². The van der Waals surface area contributed by atoms with E-state index in [1.54, 1.807) is 23.3 Å². The molecule has 0 aliphatic rings. The first-order valence-corrected chi connectivity index (χ1v) is 9.67. The Bertz CT molecular complexity index is 743. The van der Waals surface area contributed by atoms with Crippen molar-refractivity contribution in [1.82, 2.24) is 9.88 Å². The molecule has 1 aromatic heterocycles. The number of halogens is 1. The fourth-order valence-electron chi connectivity index (χ4n) is 2.41. The standard InChI is InChI=1S/C19H25ClN2O2S/c1-6-18-21-14(11-25-18)9-22(5)19(23)10-24-17-7-13(4)16(20)8-15(17)12(2)3/h7-8,11-12H,6,9-10H2,1-5H3. The van der Waals surface area contributed by atoms with Gasteiger partial charge in [-0.05, 0) is 42.5 Å². The highest BCUT2D eigenvalue weighted by Gasteiger charge is 2.15. The van der Waals surface area contributed by atoms with Gasteiger partial charge in [-0.25, -0.2) is 4.98 Å². The fourth-order valence-corrected chi connectivity index (χ4v) is 3.32. The summed E-state index contributed by atoms with van der Waals surface area (Å²) in [7, 11) is 1.77. The summed E-state index contributed by atoms with van der Waals surface area (Å²) in [5, 5.41) is 3.81. The highest BCUT2D eigenvalue weighted by Crippen LogP contribution is 2.32. The average molecular weight is 381 g/mol. The SMILES string of the molecule is CCc1nc(CN(C)C(=O)COc2cc(C)c(Cl)cc2C(C)C)cs1. The highest BCUT2D eigenvalue weighted by atomic mass is 35.5. The molecule has 0 bridgehead atoms. The van der Waals surface area contributed by atoms with Gasteiger partial charge in [-0.1, -0.05) is 32.4 Å². The molecular formula is C19H25ClN2O2S. The minimum atomic E-state index is -0.0756. The second-order valence-electron chi connectivity index (χ2n) is 6.42. The van der Waals surface area contributed by atoms with Gasteiger partial charge in [-0.15, -0.1) is 11.3 Å². The Kier molecular flexibility index (Phi) is 6.85. The van der Waals surface area contributed by atoms with Crippen LogP contribution in [-0.2, 0) is 17.8 Å². The fraction of sp³-hybridized carbons (Fsp3) is 0.474. The van der Waals surface area contributed by atoms with Crippen LogP contribution in [0.15, 0.2) is 17.5 Å². The quantitative estimate of drug-likeness (QED) is 0.691. The zero-order chi connectivity index (χ0) is 18.6. The van der Waals surface area contributed by atoms with Crippen LogP contribution in [0.1, 0.15) is 48.5 Å². The molecule has 0 aliphatic carbocycles. The first-order chi connectivity index (χ1) is 11.8. The van der Waals surface area contributed by atoms with Crippen LogP contribution < -0.4 is 4.74 Å². The van der Waals surface area contributed by atoms with Gasteiger partial charge in [0.2, 0.25) is 0 Å². The normalized spacial score (nSPS) is 11.0. The lowest BCUT2D eigenvalue weighted by atomic mass is 10.0. The summed E-state index contributed by atoms with van der Waals surface area (Å²) in [6, 6.07) is 3.82. The van der Waals surface area contributed by atoms with Gasteiger partial charge in [0.25, 0.3) is 5.91 Å². The molecule has 0 radical (unpaired) electrons. The third kappa shape index (κ3) is 5.19. The van der Waals surface area contributed by atoms with Crippen molar-refractivity contribution in [3.8, 4) is 5.75 Å². The molecule has 4 nitrogen and oxygen atoms in total. The minimum Gasteiger partial charge on any atom is -0.483 e.